The van der Waals surface area contributed by atoms with Crippen molar-refractivity contribution in [3.05, 3.63) is 17.5 Å². The van der Waals surface area contributed by atoms with Crippen molar-refractivity contribution in [2.24, 2.45) is 11.1 Å². The molecule has 1 aromatic rings. The van der Waals surface area contributed by atoms with E-state index >= 15 is 0 Å². The average molecular weight is 295 g/mol. The molecular weight excluding hydrogens is 274 g/mol. The Bertz CT molecular complexity index is 490. The number of thiocarbonyl (C=S) groups is 1. The summed E-state index contributed by atoms with van der Waals surface area (Å²) in [4.78, 5) is 12.9. The number of hydrogen-bond donors (Lipinski definition) is 2. The number of hydrogen-bond acceptors (Lipinski definition) is 4. The average Bonchev–Trinajstić information content (AvgIpc) is 2.68. The molecule has 0 unspecified atom stereocenters. The normalized spacial score (nSPS) is 18.2. The number of amides is 1. The van der Waals surface area contributed by atoms with Crippen molar-refractivity contribution in [1.29, 1.82) is 0 Å². The molecule has 1 saturated carbocycles. The van der Waals surface area contributed by atoms with Crippen LogP contribution < -0.4 is 11.1 Å². The predicted molar refractivity (Wildman–Crippen MR) is 80.0 cm³/mol. The Labute approximate surface area is 124 Å². The van der Waals surface area contributed by atoms with Gasteiger partial charge in [-0.25, -0.2) is 0 Å². The molecule has 6 heteroatoms. The van der Waals surface area contributed by atoms with Crippen LogP contribution >= 0.6 is 12.2 Å². The second-order valence-electron chi connectivity index (χ2n) is 5.47. The van der Waals surface area contributed by atoms with Gasteiger partial charge < -0.3 is 15.6 Å². The van der Waals surface area contributed by atoms with Gasteiger partial charge in [0.15, 0.2) is 0 Å². The van der Waals surface area contributed by atoms with Crippen molar-refractivity contribution in [2.45, 2.75) is 52.0 Å². The SMILES string of the molecule is Cc1cc(CNC(=O)C2(C(N)=S)CCCCCC2)no1. The zero-order chi connectivity index (χ0) is 14.6. The number of aryl methyl sites for hydroxylation is 1. The molecule has 1 aliphatic rings. The third-order valence-corrected chi connectivity index (χ3v) is 4.36. The molecule has 1 aliphatic carbocycles. The first-order valence-electron chi connectivity index (χ1n) is 7.05. The maximum atomic E-state index is 12.6. The molecule has 0 aliphatic heterocycles. The van der Waals surface area contributed by atoms with Gasteiger partial charge in [-0.3, -0.25) is 4.79 Å². The lowest BCUT2D eigenvalue weighted by Gasteiger charge is -2.30. The lowest BCUT2D eigenvalue weighted by Crippen LogP contribution is -2.48. The molecule has 5 nitrogen and oxygen atoms in total. The van der Waals surface area contributed by atoms with Gasteiger partial charge in [-0.15, -0.1) is 0 Å². The van der Waals surface area contributed by atoms with E-state index in [1.54, 1.807) is 6.07 Å². The first kappa shape index (κ1) is 15.0. The van der Waals surface area contributed by atoms with E-state index in [0.29, 0.717) is 17.2 Å². The highest BCUT2D eigenvalue weighted by Crippen LogP contribution is 2.35. The molecule has 0 aromatic carbocycles. The molecule has 1 aromatic heterocycles. The summed E-state index contributed by atoms with van der Waals surface area (Å²) in [6.45, 7) is 2.17. The van der Waals surface area contributed by atoms with Crippen molar-refractivity contribution in [1.82, 2.24) is 10.5 Å². The molecule has 1 heterocycles. The molecule has 1 amide bonds. The number of aromatic nitrogens is 1. The van der Waals surface area contributed by atoms with Crippen LogP contribution in [0.25, 0.3) is 0 Å². The van der Waals surface area contributed by atoms with Gasteiger partial charge in [0.05, 0.1) is 16.9 Å². The van der Waals surface area contributed by atoms with Gasteiger partial charge in [-0.1, -0.05) is 43.1 Å². The van der Waals surface area contributed by atoms with Gasteiger partial charge in [0.2, 0.25) is 5.91 Å². The third kappa shape index (κ3) is 3.17. The van der Waals surface area contributed by atoms with E-state index in [9.17, 15) is 4.79 Å². The highest BCUT2D eigenvalue weighted by Gasteiger charge is 2.41. The smallest absolute Gasteiger partial charge is 0.233 e. The molecule has 0 bridgehead atoms. The molecule has 0 radical (unpaired) electrons. The first-order valence-corrected chi connectivity index (χ1v) is 7.46. The highest BCUT2D eigenvalue weighted by molar-refractivity contribution is 7.80. The van der Waals surface area contributed by atoms with Crippen LogP contribution in [-0.4, -0.2) is 16.1 Å². The van der Waals surface area contributed by atoms with Crippen LogP contribution in [-0.2, 0) is 11.3 Å². The van der Waals surface area contributed by atoms with Gasteiger partial charge in [0, 0.05) is 6.07 Å². The summed E-state index contributed by atoms with van der Waals surface area (Å²) in [5.41, 5.74) is 5.90. The van der Waals surface area contributed by atoms with E-state index in [0.717, 1.165) is 44.3 Å². The van der Waals surface area contributed by atoms with E-state index in [1.807, 2.05) is 6.92 Å². The van der Waals surface area contributed by atoms with E-state index in [1.165, 1.54) is 0 Å². The monoisotopic (exact) mass is 295 g/mol. The molecule has 110 valence electrons. The molecule has 1 fully saturated rings. The predicted octanol–water partition coefficient (Wildman–Crippen LogP) is 2.23. The van der Waals surface area contributed by atoms with E-state index in [4.69, 9.17) is 22.5 Å². The van der Waals surface area contributed by atoms with E-state index in [2.05, 4.69) is 10.5 Å². The Balaban J connectivity index is 2.05. The third-order valence-electron chi connectivity index (χ3n) is 3.97. The van der Waals surface area contributed by atoms with E-state index in [-0.39, 0.29) is 5.91 Å². The molecule has 20 heavy (non-hydrogen) atoms. The van der Waals surface area contributed by atoms with Crippen LogP contribution in [0.1, 0.15) is 50.0 Å². The molecular formula is C14H21N3O2S. The van der Waals surface area contributed by atoms with Crippen molar-refractivity contribution >= 4 is 23.1 Å². The summed E-state index contributed by atoms with van der Waals surface area (Å²) >= 11 is 5.18. The number of nitrogens with one attached hydrogen (secondary N) is 1. The number of carbonyl (C=O) groups excluding carboxylic acids is 1. The zero-order valence-corrected chi connectivity index (χ0v) is 12.6. The Morgan fingerprint density at radius 1 is 1.45 bits per heavy atom. The van der Waals surface area contributed by atoms with Crippen molar-refractivity contribution in [3.8, 4) is 0 Å². The largest absolute Gasteiger partial charge is 0.392 e. The fourth-order valence-electron chi connectivity index (χ4n) is 2.76. The molecule has 3 N–H and O–H groups in total. The van der Waals surface area contributed by atoms with Crippen LogP contribution in [0.2, 0.25) is 0 Å². The maximum absolute atomic E-state index is 12.6. The Morgan fingerprint density at radius 2 is 2.10 bits per heavy atom. The topological polar surface area (TPSA) is 81.2 Å². The van der Waals surface area contributed by atoms with Crippen LogP contribution in [0.5, 0.6) is 0 Å². The van der Waals surface area contributed by atoms with Crippen molar-refractivity contribution < 1.29 is 9.32 Å². The van der Waals surface area contributed by atoms with Gasteiger partial charge in [0.25, 0.3) is 0 Å². The standard InChI is InChI=1S/C14H21N3O2S/c1-10-8-11(17-19-10)9-16-13(18)14(12(15)20)6-4-2-3-5-7-14/h8H,2-7,9H2,1H3,(H2,15,20)(H,16,18). The van der Waals surface area contributed by atoms with Gasteiger partial charge >= 0.3 is 0 Å². The number of nitrogens with two attached hydrogens (primary N) is 1. The van der Waals surface area contributed by atoms with Gasteiger partial charge in [-0.2, -0.15) is 0 Å². The molecule has 2 rings (SSSR count). The lowest BCUT2D eigenvalue weighted by molar-refractivity contribution is -0.128. The molecule has 0 spiro atoms. The minimum atomic E-state index is -0.690. The maximum Gasteiger partial charge on any atom is 0.233 e. The summed E-state index contributed by atoms with van der Waals surface area (Å²) in [5, 5.41) is 6.77. The summed E-state index contributed by atoms with van der Waals surface area (Å²) in [5.74, 6) is 0.653. The summed E-state index contributed by atoms with van der Waals surface area (Å²) in [7, 11) is 0. The highest BCUT2D eigenvalue weighted by atomic mass is 32.1. The first-order chi connectivity index (χ1) is 9.54. The number of rotatable bonds is 4. The van der Waals surface area contributed by atoms with Crippen molar-refractivity contribution in [2.75, 3.05) is 0 Å². The van der Waals surface area contributed by atoms with Crippen LogP contribution in [0.15, 0.2) is 10.6 Å². The molecule has 0 atom stereocenters. The molecule has 0 saturated heterocycles. The van der Waals surface area contributed by atoms with Crippen LogP contribution in [0, 0.1) is 12.3 Å². The summed E-state index contributed by atoms with van der Waals surface area (Å²) in [6.07, 6.45) is 5.75. The second kappa shape index (κ2) is 6.35. The van der Waals surface area contributed by atoms with E-state index < -0.39 is 5.41 Å². The fourth-order valence-corrected chi connectivity index (χ4v) is 3.06. The lowest BCUT2D eigenvalue weighted by atomic mass is 9.79. The Morgan fingerprint density at radius 3 is 2.60 bits per heavy atom. The van der Waals surface area contributed by atoms with Crippen LogP contribution in [0.3, 0.4) is 0 Å². The zero-order valence-electron chi connectivity index (χ0n) is 11.8. The summed E-state index contributed by atoms with van der Waals surface area (Å²) < 4.78 is 4.98. The minimum absolute atomic E-state index is 0.0763. The Hall–Kier alpha value is -1.43. The minimum Gasteiger partial charge on any atom is -0.392 e. The fraction of sp³-hybridized carbons (Fsp3) is 0.643. The second-order valence-corrected chi connectivity index (χ2v) is 5.91. The van der Waals surface area contributed by atoms with Crippen molar-refractivity contribution in [3.63, 3.8) is 0 Å². The summed E-state index contributed by atoms with van der Waals surface area (Å²) in [6, 6.07) is 1.81. The van der Waals surface area contributed by atoms with Gasteiger partial charge in [-0.05, 0) is 19.8 Å². The number of carbonyl (C=O) groups is 1. The van der Waals surface area contributed by atoms with Crippen LogP contribution in [0.4, 0.5) is 0 Å². The number of nitrogens with zero attached hydrogens (tertiary/aromatic N) is 1. The van der Waals surface area contributed by atoms with Gasteiger partial charge in [0.1, 0.15) is 11.5 Å². The quantitative estimate of drug-likeness (QED) is 0.657. The Kier molecular flexibility index (Phi) is 4.75.